The number of thiazole rings is 1. The number of amides is 1. The fourth-order valence-electron chi connectivity index (χ4n) is 2.13. The summed E-state index contributed by atoms with van der Waals surface area (Å²) in [6, 6.07) is 5.22. The van der Waals surface area contributed by atoms with Crippen molar-refractivity contribution in [2.45, 2.75) is 13.8 Å². The highest BCUT2D eigenvalue weighted by Gasteiger charge is 2.23. The zero-order valence-corrected chi connectivity index (χ0v) is 15.6. The third-order valence-electron chi connectivity index (χ3n) is 3.45. The summed E-state index contributed by atoms with van der Waals surface area (Å²) in [5, 5.41) is 3.52. The van der Waals surface area contributed by atoms with E-state index in [1.807, 2.05) is 13.8 Å². The maximum atomic E-state index is 12.5. The van der Waals surface area contributed by atoms with Gasteiger partial charge in [0.05, 0.1) is 5.02 Å². The molecule has 0 spiro atoms. The molecule has 2 rings (SSSR count). The van der Waals surface area contributed by atoms with E-state index in [-0.39, 0.29) is 11.3 Å². The van der Waals surface area contributed by atoms with Crippen molar-refractivity contribution < 1.29 is 4.79 Å². The van der Waals surface area contributed by atoms with E-state index in [1.165, 1.54) is 11.3 Å². The molecule has 2 N–H and O–H groups in total. The number of carbonyl (C=O) groups excluding carboxylic acids is 1. The van der Waals surface area contributed by atoms with Gasteiger partial charge < -0.3 is 10.6 Å². The van der Waals surface area contributed by atoms with Gasteiger partial charge in [0, 0.05) is 29.6 Å². The summed E-state index contributed by atoms with van der Waals surface area (Å²) in [6.45, 7) is 5.12. The summed E-state index contributed by atoms with van der Waals surface area (Å²) in [4.78, 5) is 18.6. The number of aromatic nitrogens is 1. The molecule has 1 heterocycles. The Bertz CT molecular complexity index is 715. The van der Waals surface area contributed by atoms with Crippen molar-refractivity contribution in [2.75, 3.05) is 20.1 Å². The third-order valence-corrected chi connectivity index (χ3v) is 4.87. The Labute approximate surface area is 150 Å². The van der Waals surface area contributed by atoms with Crippen LogP contribution in [0.1, 0.15) is 24.3 Å². The van der Waals surface area contributed by atoms with E-state index in [9.17, 15) is 4.79 Å². The highest BCUT2D eigenvalue weighted by atomic mass is 35.5. The minimum atomic E-state index is -0.136. The van der Waals surface area contributed by atoms with Crippen LogP contribution >= 0.6 is 34.5 Å². The zero-order chi connectivity index (χ0) is 17.2. The van der Waals surface area contributed by atoms with Crippen molar-refractivity contribution in [3.8, 4) is 10.6 Å². The summed E-state index contributed by atoms with van der Waals surface area (Å²) in [6.07, 6.45) is 0. The monoisotopic (exact) mass is 371 g/mol. The third kappa shape index (κ3) is 4.44. The minimum Gasteiger partial charge on any atom is -0.340 e. The van der Waals surface area contributed by atoms with Crippen molar-refractivity contribution >= 4 is 40.4 Å². The van der Waals surface area contributed by atoms with Crippen molar-refractivity contribution in [1.82, 2.24) is 9.88 Å². The first-order valence-electron chi connectivity index (χ1n) is 7.10. The number of benzene rings is 1. The quantitative estimate of drug-likeness (QED) is 0.857. The van der Waals surface area contributed by atoms with Crippen molar-refractivity contribution in [3.05, 3.63) is 39.3 Å². The van der Waals surface area contributed by atoms with Crippen LogP contribution < -0.4 is 5.73 Å². The predicted molar refractivity (Wildman–Crippen MR) is 97.4 cm³/mol. The molecular formula is C16H19Cl2N3OS. The number of hydrogen-bond acceptors (Lipinski definition) is 4. The summed E-state index contributed by atoms with van der Waals surface area (Å²) in [7, 11) is 1.76. The van der Waals surface area contributed by atoms with Gasteiger partial charge in [0.25, 0.3) is 5.91 Å². The molecule has 0 aliphatic heterocycles. The van der Waals surface area contributed by atoms with Gasteiger partial charge in [-0.1, -0.05) is 37.0 Å². The van der Waals surface area contributed by atoms with E-state index < -0.39 is 0 Å². The molecule has 0 fully saturated rings. The van der Waals surface area contributed by atoms with Crippen LogP contribution in [0.25, 0.3) is 10.6 Å². The Kier molecular flexibility index (Phi) is 5.68. The fourth-order valence-corrected chi connectivity index (χ4v) is 3.52. The number of carbonyl (C=O) groups is 1. The molecule has 0 aliphatic carbocycles. The Balaban J connectivity index is 2.20. The van der Waals surface area contributed by atoms with Gasteiger partial charge in [-0.05, 0) is 30.2 Å². The molecule has 1 amide bonds. The summed E-state index contributed by atoms with van der Waals surface area (Å²) < 4.78 is 0. The van der Waals surface area contributed by atoms with E-state index in [2.05, 4.69) is 4.98 Å². The second-order valence-corrected chi connectivity index (χ2v) is 7.89. The first-order chi connectivity index (χ1) is 10.7. The van der Waals surface area contributed by atoms with E-state index in [0.29, 0.717) is 33.8 Å². The second-order valence-electron chi connectivity index (χ2n) is 6.19. The average Bonchev–Trinajstić information content (AvgIpc) is 2.95. The topological polar surface area (TPSA) is 59.2 Å². The largest absolute Gasteiger partial charge is 0.340 e. The van der Waals surface area contributed by atoms with Gasteiger partial charge in [0.1, 0.15) is 10.7 Å². The molecule has 0 saturated carbocycles. The lowest BCUT2D eigenvalue weighted by Gasteiger charge is -2.28. The van der Waals surface area contributed by atoms with Crippen LogP contribution in [0.3, 0.4) is 0 Å². The summed E-state index contributed by atoms with van der Waals surface area (Å²) in [5.74, 6) is -0.126. The van der Waals surface area contributed by atoms with Crippen LogP contribution in [0.15, 0.2) is 23.6 Å². The number of halogens is 2. The molecule has 0 unspecified atom stereocenters. The van der Waals surface area contributed by atoms with Crippen LogP contribution in [-0.4, -0.2) is 35.9 Å². The normalized spacial score (nSPS) is 11.6. The molecule has 23 heavy (non-hydrogen) atoms. The number of nitrogens with two attached hydrogens (primary N) is 1. The Hall–Kier alpha value is -1.14. The smallest absolute Gasteiger partial charge is 0.273 e. The summed E-state index contributed by atoms with van der Waals surface area (Å²) >= 11 is 13.5. The first kappa shape index (κ1) is 18.2. The van der Waals surface area contributed by atoms with Gasteiger partial charge in [0.2, 0.25) is 0 Å². The van der Waals surface area contributed by atoms with Crippen LogP contribution in [0, 0.1) is 5.41 Å². The molecule has 4 nitrogen and oxygen atoms in total. The maximum absolute atomic E-state index is 12.5. The first-order valence-corrected chi connectivity index (χ1v) is 8.73. The van der Waals surface area contributed by atoms with Gasteiger partial charge in [-0.25, -0.2) is 4.98 Å². The number of nitrogens with zero attached hydrogens (tertiary/aromatic N) is 2. The fraction of sp³-hybridized carbons (Fsp3) is 0.375. The number of hydrogen-bond donors (Lipinski definition) is 1. The molecule has 0 radical (unpaired) electrons. The number of rotatable bonds is 5. The lowest BCUT2D eigenvalue weighted by Crippen LogP contribution is -2.39. The molecule has 124 valence electrons. The van der Waals surface area contributed by atoms with E-state index in [1.54, 1.807) is 35.5 Å². The van der Waals surface area contributed by atoms with Gasteiger partial charge in [-0.15, -0.1) is 11.3 Å². The predicted octanol–water partition coefficient (Wildman–Crippen LogP) is 4.17. The van der Waals surface area contributed by atoms with Gasteiger partial charge in [-0.3, -0.25) is 4.79 Å². The van der Waals surface area contributed by atoms with Gasteiger partial charge in [-0.2, -0.15) is 0 Å². The molecule has 0 aliphatic rings. The Morgan fingerprint density at radius 1 is 1.39 bits per heavy atom. The van der Waals surface area contributed by atoms with Crippen molar-refractivity contribution in [1.29, 1.82) is 0 Å². The molecule has 2 aromatic rings. The van der Waals surface area contributed by atoms with Crippen LogP contribution in [0.5, 0.6) is 0 Å². The van der Waals surface area contributed by atoms with Crippen molar-refractivity contribution in [2.24, 2.45) is 11.1 Å². The molecule has 0 saturated heterocycles. The van der Waals surface area contributed by atoms with Crippen LogP contribution in [0.2, 0.25) is 10.0 Å². The van der Waals surface area contributed by atoms with E-state index in [4.69, 9.17) is 28.9 Å². The van der Waals surface area contributed by atoms with Gasteiger partial charge in [0.15, 0.2) is 0 Å². The molecule has 7 heteroatoms. The SMILES string of the molecule is CN(CC(C)(C)CN)C(=O)c1csc(-c2ccc(Cl)cc2Cl)n1. The minimum absolute atomic E-state index is 0.126. The maximum Gasteiger partial charge on any atom is 0.273 e. The molecule has 1 aromatic heterocycles. The Morgan fingerprint density at radius 2 is 2.09 bits per heavy atom. The van der Waals surface area contributed by atoms with Crippen LogP contribution in [-0.2, 0) is 0 Å². The lowest BCUT2D eigenvalue weighted by atomic mass is 9.93. The highest BCUT2D eigenvalue weighted by molar-refractivity contribution is 7.13. The van der Waals surface area contributed by atoms with E-state index >= 15 is 0 Å². The lowest BCUT2D eigenvalue weighted by molar-refractivity contribution is 0.0735. The second kappa shape index (κ2) is 7.18. The molecular weight excluding hydrogens is 353 g/mol. The molecule has 1 aromatic carbocycles. The van der Waals surface area contributed by atoms with E-state index in [0.717, 1.165) is 5.56 Å². The standard InChI is InChI=1S/C16H19Cl2N3OS/c1-16(2,8-19)9-21(3)15(22)13-7-23-14(20-13)11-5-4-10(17)6-12(11)18/h4-7H,8-9,19H2,1-3H3. The molecule has 0 bridgehead atoms. The van der Waals surface area contributed by atoms with Crippen LogP contribution in [0.4, 0.5) is 0 Å². The highest BCUT2D eigenvalue weighted by Crippen LogP contribution is 2.32. The zero-order valence-electron chi connectivity index (χ0n) is 13.3. The summed E-state index contributed by atoms with van der Waals surface area (Å²) in [5.41, 5.74) is 6.77. The van der Waals surface area contributed by atoms with Crippen molar-refractivity contribution in [3.63, 3.8) is 0 Å². The molecule has 0 atom stereocenters. The average molecular weight is 372 g/mol. The van der Waals surface area contributed by atoms with Gasteiger partial charge >= 0.3 is 0 Å². The Morgan fingerprint density at radius 3 is 2.70 bits per heavy atom.